The maximum absolute atomic E-state index is 9.87. The number of aliphatic hydroxyl groups is 1. The molecule has 1 atom stereocenters. The standard InChI is InChI=1S/C10H11BrO4/c1-5(3-12)8-9(13)6(11)2-7-10(8)15-4-14-7/h2,5,12-13H,3-4H2,1H3. The van der Waals surface area contributed by atoms with Crippen LogP contribution in [0.25, 0.3) is 0 Å². The van der Waals surface area contributed by atoms with Crippen molar-refractivity contribution < 1.29 is 19.7 Å². The Morgan fingerprint density at radius 1 is 1.53 bits per heavy atom. The van der Waals surface area contributed by atoms with Crippen molar-refractivity contribution in [2.45, 2.75) is 12.8 Å². The van der Waals surface area contributed by atoms with E-state index in [2.05, 4.69) is 15.9 Å². The smallest absolute Gasteiger partial charge is 0.231 e. The molecule has 1 heterocycles. The minimum Gasteiger partial charge on any atom is -0.506 e. The van der Waals surface area contributed by atoms with E-state index < -0.39 is 0 Å². The first-order valence-corrected chi connectivity index (χ1v) is 5.36. The highest BCUT2D eigenvalue weighted by Crippen LogP contribution is 2.47. The Bertz CT molecular complexity index is 391. The van der Waals surface area contributed by atoms with Gasteiger partial charge in [-0.25, -0.2) is 0 Å². The molecule has 1 aliphatic heterocycles. The average molecular weight is 275 g/mol. The second-order valence-electron chi connectivity index (χ2n) is 3.44. The Morgan fingerprint density at radius 3 is 2.93 bits per heavy atom. The molecule has 4 nitrogen and oxygen atoms in total. The van der Waals surface area contributed by atoms with Crippen LogP contribution in [0, 0.1) is 0 Å². The number of halogens is 1. The van der Waals surface area contributed by atoms with Gasteiger partial charge in [0.2, 0.25) is 6.79 Å². The van der Waals surface area contributed by atoms with Crippen molar-refractivity contribution in [3.05, 3.63) is 16.1 Å². The quantitative estimate of drug-likeness (QED) is 0.866. The van der Waals surface area contributed by atoms with Crippen LogP contribution >= 0.6 is 15.9 Å². The molecule has 0 radical (unpaired) electrons. The summed E-state index contributed by atoms with van der Waals surface area (Å²) < 4.78 is 11.0. The average Bonchev–Trinajstić information content (AvgIpc) is 2.66. The Hall–Kier alpha value is -0.940. The molecule has 0 spiro atoms. The molecule has 0 saturated heterocycles. The largest absolute Gasteiger partial charge is 0.506 e. The Balaban J connectivity index is 2.60. The summed E-state index contributed by atoms with van der Waals surface area (Å²) in [6.45, 7) is 1.90. The summed E-state index contributed by atoms with van der Waals surface area (Å²) in [7, 11) is 0. The lowest BCUT2D eigenvalue weighted by Gasteiger charge is -2.14. The molecule has 0 fully saturated rings. The van der Waals surface area contributed by atoms with Crippen molar-refractivity contribution in [3.63, 3.8) is 0 Å². The number of aliphatic hydroxyl groups excluding tert-OH is 1. The molecule has 0 amide bonds. The summed E-state index contributed by atoms with van der Waals surface area (Å²) >= 11 is 3.23. The lowest BCUT2D eigenvalue weighted by molar-refractivity contribution is 0.172. The molecule has 0 saturated carbocycles. The number of rotatable bonds is 2. The number of ether oxygens (including phenoxy) is 2. The van der Waals surface area contributed by atoms with Gasteiger partial charge in [0.1, 0.15) is 5.75 Å². The van der Waals surface area contributed by atoms with Gasteiger partial charge in [0.05, 0.1) is 4.47 Å². The summed E-state index contributed by atoms with van der Waals surface area (Å²) in [5.41, 5.74) is 0.583. The maximum Gasteiger partial charge on any atom is 0.231 e. The lowest BCUT2D eigenvalue weighted by Crippen LogP contribution is -2.02. The van der Waals surface area contributed by atoms with Crippen LogP contribution in [-0.4, -0.2) is 23.6 Å². The van der Waals surface area contributed by atoms with Gasteiger partial charge in [0.15, 0.2) is 11.5 Å². The molecule has 5 heteroatoms. The fourth-order valence-corrected chi connectivity index (χ4v) is 2.00. The minimum atomic E-state index is -0.196. The predicted octanol–water partition coefficient (Wildman–Crippen LogP) is 1.98. The fraction of sp³-hybridized carbons (Fsp3) is 0.400. The van der Waals surface area contributed by atoms with Crippen LogP contribution in [0.2, 0.25) is 0 Å². The van der Waals surface area contributed by atoms with Gasteiger partial charge in [-0.1, -0.05) is 6.92 Å². The van der Waals surface area contributed by atoms with Gasteiger partial charge >= 0.3 is 0 Å². The summed E-state index contributed by atoms with van der Waals surface area (Å²) in [5.74, 6) is 1.02. The van der Waals surface area contributed by atoms with Crippen LogP contribution in [0.1, 0.15) is 18.4 Å². The van der Waals surface area contributed by atoms with Crippen molar-refractivity contribution in [1.29, 1.82) is 0 Å². The van der Waals surface area contributed by atoms with Crippen molar-refractivity contribution in [2.24, 2.45) is 0 Å². The molecule has 0 bridgehead atoms. The number of hydrogen-bond donors (Lipinski definition) is 2. The van der Waals surface area contributed by atoms with Crippen LogP contribution in [-0.2, 0) is 0 Å². The summed E-state index contributed by atoms with van der Waals surface area (Å²) in [6.07, 6.45) is 0. The van der Waals surface area contributed by atoms with Gasteiger partial charge in [-0.3, -0.25) is 0 Å². The highest BCUT2D eigenvalue weighted by Gasteiger charge is 2.26. The zero-order valence-electron chi connectivity index (χ0n) is 8.16. The first kappa shape index (κ1) is 10.6. The lowest BCUT2D eigenvalue weighted by atomic mass is 9.99. The first-order valence-electron chi connectivity index (χ1n) is 4.57. The first-order chi connectivity index (χ1) is 7.15. The highest BCUT2D eigenvalue weighted by atomic mass is 79.9. The van der Waals surface area contributed by atoms with Crippen LogP contribution in [0.3, 0.4) is 0 Å². The molecular weight excluding hydrogens is 264 g/mol. The van der Waals surface area contributed by atoms with Gasteiger partial charge in [-0.05, 0) is 15.9 Å². The van der Waals surface area contributed by atoms with Crippen LogP contribution in [0.5, 0.6) is 17.2 Å². The van der Waals surface area contributed by atoms with E-state index >= 15 is 0 Å². The minimum absolute atomic E-state index is 0.0557. The molecule has 2 rings (SSSR count). The third-order valence-electron chi connectivity index (χ3n) is 2.39. The molecule has 82 valence electrons. The van der Waals surface area contributed by atoms with Gasteiger partial charge in [-0.2, -0.15) is 0 Å². The van der Waals surface area contributed by atoms with Crippen LogP contribution < -0.4 is 9.47 Å². The van der Waals surface area contributed by atoms with E-state index in [1.165, 1.54) is 0 Å². The summed E-state index contributed by atoms with van der Waals surface area (Å²) in [6, 6.07) is 1.66. The summed E-state index contributed by atoms with van der Waals surface area (Å²) in [4.78, 5) is 0. The van der Waals surface area contributed by atoms with E-state index in [0.29, 0.717) is 21.5 Å². The summed E-state index contributed by atoms with van der Waals surface area (Å²) in [5, 5.41) is 19.0. The Kier molecular flexibility index (Phi) is 2.75. The van der Waals surface area contributed by atoms with Crippen molar-refractivity contribution in [3.8, 4) is 17.2 Å². The van der Waals surface area contributed by atoms with Crippen LogP contribution in [0.15, 0.2) is 10.5 Å². The zero-order valence-corrected chi connectivity index (χ0v) is 9.74. The second-order valence-corrected chi connectivity index (χ2v) is 4.29. The monoisotopic (exact) mass is 274 g/mol. The van der Waals surface area contributed by atoms with E-state index in [1.54, 1.807) is 6.07 Å². The third-order valence-corrected chi connectivity index (χ3v) is 3.00. The van der Waals surface area contributed by atoms with Crippen molar-refractivity contribution >= 4 is 15.9 Å². The molecule has 2 N–H and O–H groups in total. The van der Waals surface area contributed by atoms with Crippen LogP contribution in [0.4, 0.5) is 0 Å². The predicted molar refractivity (Wildman–Crippen MR) is 57.4 cm³/mol. The Labute approximate surface area is 95.6 Å². The fourth-order valence-electron chi connectivity index (χ4n) is 1.57. The van der Waals surface area contributed by atoms with Gasteiger partial charge in [0.25, 0.3) is 0 Å². The number of fused-ring (bicyclic) bond motifs is 1. The van der Waals surface area contributed by atoms with E-state index in [-0.39, 0.29) is 25.1 Å². The number of benzene rings is 1. The van der Waals surface area contributed by atoms with E-state index in [4.69, 9.17) is 14.6 Å². The molecule has 1 aromatic rings. The molecule has 0 aliphatic carbocycles. The number of phenolic OH excluding ortho intramolecular Hbond substituents is 1. The second kappa shape index (κ2) is 3.90. The normalized spacial score (nSPS) is 15.4. The number of aromatic hydroxyl groups is 1. The number of phenols is 1. The van der Waals surface area contributed by atoms with Gasteiger partial charge < -0.3 is 19.7 Å². The van der Waals surface area contributed by atoms with E-state index in [0.717, 1.165) is 0 Å². The SMILES string of the molecule is CC(CO)c1c(O)c(Br)cc2c1OCO2. The van der Waals surface area contributed by atoms with Gasteiger partial charge in [-0.15, -0.1) is 0 Å². The van der Waals surface area contributed by atoms with E-state index in [9.17, 15) is 5.11 Å². The number of hydrogen-bond acceptors (Lipinski definition) is 4. The zero-order chi connectivity index (χ0) is 11.0. The molecule has 1 aliphatic rings. The molecule has 1 aromatic carbocycles. The molecule has 15 heavy (non-hydrogen) atoms. The van der Waals surface area contributed by atoms with Crippen molar-refractivity contribution in [1.82, 2.24) is 0 Å². The van der Waals surface area contributed by atoms with Gasteiger partial charge in [0, 0.05) is 24.2 Å². The maximum atomic E-state index is 9.87. The Morgan fingerprint density at radius 2 is 2.27 bits per heavy atom. The topological polar surface area (TPSA) is 58.9 Å². The molecular formula is C10H11BrO4. The van der Waals surface area contributed by atoms with Crippen molar-refractivity contribution in [2.75, 3.05) is 13.4 Å². The highest BCUT2D eigenvalue weighted by molar-refractivity contribution is 9.10. The molecule has 0 aromatic heterocycles. The van der Waals surface area contributed by atoms with E-state index in [1.807, 2.05) is 6.92 Å². The third kappa shape index (κ3) is 1.66. The molecule has 1 unspecified atom stereocenters.